The Balaban J connectivity index is 1.66. The van der Waals surface area contributed by atoms with E-state index in [1.54, 1.807) is 30.3 Å². The molecule has 3 rings (SSSR count). The number of anilines is 1. The normalized spacial score (nSPS) is 14.6. The predicted molar refractivity (Wildman–Crippen MR) is 84.8 cm³/mol. The first-order chi connectivity index (χ1) is 11.2. The highest BCUT2D eigenvalue weighted by molar-refractivity contribution is 5.92. The van der Waals surface area contributed by atoms with Crippen LogP contribution in [0.4, 0.5) is 10.2 Å². The van der Waals surface area contributed by atoms with Gasteiger partial charge in [-0.1, -0.05) is 24.3 Å². The number of carbonyl (C=O) groups excluding carboxylic acids is 1. The molecule has 1 saturated heterocycles. The number of aromatic nitrogens is 1. The molecule has 0 unspecified atom stereocenters. The maximum Gasteiger partial charge on any atom is 0.270 e. The zero-order valence-electron chi connectivity index (χ0n) is 12.7. The van der Waals surface area contributed by atoms with Crippen molar-refractivity contribution in [3.05, 3.63) is 59.5 Å². The third-order valence-electron chi connectivity index (χ3n) is 3.70. The molecule has 1 amide bonds. The molecule has 1 N–H and O–H groups in total. The molecule has 0 atom stereocenters. The van der Waals surface area contributed by atoms with E-state index < -0.39 is 0 Å². The summed E-state index contributed by atoms with van der Waals surface area (Å²) in [5.74, 6) is 0.109. The highest BCUT2D eigenvalue weighted by atomic mass is 19.1. The predicted octanol–water partition coefficient (Wildman–Crippen LogP) is 1.99. The van der Waals surface area contributed by atoms with Gasteiger partial charge in [-0.05, 0) is 18.2 Å². The molecule has 6 heteroatoms. The minimum atomic E-state index is -0.331. The van der Waals surface area contributed by atoms with Gasteiger partial charge in [0.25, 0.3) is 5.91 Å². The van der Waals surface area contributed by atoms with E-state index >= 15 is 0 Å². The lowest BCUT2D eigenvalue weighted by molar-refractivity contribution is 0.0945. The van der Waals surface area contributed by atoms with Gasteiger partial charge in [0, 0.05) is 25.2 Å². The van der Waals surface area contributed by atoms with E-state index in [0.717, 1.165) is 18.9 Å². The quantitative estimate of drug-likeness (QED) is 0.937. The zero-order chi connectivity index (χ0) is 16.1. The Morgan fingerprint density at radius 1 is 1.17 bits per heavy atom. The second-order valence-electron chi connectivity index (χ2n) is 5.25. The second kappa shape index (κ2) is 7.19. The molecule has 1 aliphatic rings. The SMILES string of the molecule is O=C(NCc1ccccc1F)c1cccc(N2CCOCC2)n1. The van der Waals surface area contributed by atoms with Crippen molar-refractivity contribution in [3.8, 4) is 0 Å². The number of pyridine rings is 1. The first kappa shape index (κ1) is 15.4. The molecule has 0 radical (unpaired) electrons. The van der Waals surface area contributed by atoms with Gasteiger partial charge in [-0.3, -0.25) is 4.79 Å². The molecule has 23 heavy (non-hydrogen) atoms. The first-order valence-electron chi connectivity index (χ1n) is 7.55. The summed E-state index contributed by atoms with van der Waals surface area (Å²) >= 11 is 0. The number of halogens is 1. The number of benzene rings is 1. The number of morpholine rings is 1. The van der Waals surface area contributed by atoms with Gasteiger partial charge in [0.15, 0.2) is 0 Å². The van der Waals surface area contributed by atoms with E-state index in [-0.39, 0.29) is 18.3 Å². The van der Waals surface area contributed by atoms with Crippen molar-refractivity contribution in [2.75, 3.05) is 31.2 Å². The fourth-order valence-corrected chi connectivity index (χ4v) is 2.43. The maximum atomic E-state index is 13.6. The largest absolute Gasteiger partial charge is 0.378 e. The summed E-state index contributed by atoms with van der Waals surface area (Å²) in [6.07, 6.45) is 0. The average Bonchev–Trinajstić information content (AvgIpc) is 2.62. The Kier molecular flexibility index (Phi) is 4.83. The van der Waals surface area contributed by atoms with E-state index in [1.165, 1.54) is 6.07 Å². The Morgan fingerprint density at radius 3 is 2.74 bits per heavy atom. The summed E-state index contributed by atoms with van der Waals surface area (Å²) in [5, 5.41) is 2.70. The van der Waals surface area contributed by atoms with Gasteiger partial charge >= 0.3 is 0 Å². The molecule has 120 valence electrons. The number of rotatable bonds is 4. The van der Waals surface area contributed by atoms with E-state index in [9.17, 15) is 9.18 Å². The molecule has 0 bridgehead atoms. The first-order valence-corrected chi connectivity index (χ1v) is 7.55. The minimum Gasteiger partial charge on any atom is -0.378 e. The number of hydrogen-bond acceptors (Lipinski definition) is 4. The van der Waals surface area contributed by atoms with Crippen LogP contribution in [0.15, 0.2) is 42.5 Å². The lowest BCUT2D eigenvalue weighted by Gasteiger charge is -2.27. The lowest BCUT2D eigenvalue weighted by atomic mass is 10.2. The summed E-state index contributed by atoms with van der Waals surface area (Å²) in [6.45, 7) is 2.96. The van der Waals surface area contributed by atoms with E-state index in [2.05, 4.69) is 15.2 Å². The molecule has 1 aromatic heterocycles. The number of ether oxygens (including phenoxy) is 1. The third-order valence-corrected chi connectivity index (χ3v) is 3.70. The molecular formula is C17H18FN3O2. The van der Waals surface area contributed by atoms with Crippen molar-refractivity contribution in [2.45, 2.75) is 6.54 Å². The van der Waals surface area contributed by atoms with E-state index in [1.807, 2.05) is 6.07 Å². The lowest BCUT2D eigenvalue weighted by Crippen LogP contribution is -2.37. The highest BCUT2D eigenvalue weighted by Gasteiger charge is 2.15. The molecule has 1 aromatic carbocycles. The van der Waals surface area contributed by atoms with Gasteiger partial charge in [0.2, 0.25) is 0 Å². The standard InChI is InChI=1S/C17H18FN3O2/c18-14-5-2-1-4-13(14)12-19-17(22)15-6-3-7-16(20-15)21-8-10-23-11-9-21/h1-7H,8-12H2,(H,19,22). The van der Waals surface area contributed by atoms with Gasteiger partial charge in [0.05, 0.1) is 13.2 Å². The molecule has 1 aliphatic heterocycles. The Morgan fingerprint density at radius 2 is 1.96 bits per heavy atom. The van der Waals surface area contributed by atoms with Gasteiger partial charge < -0.3 is 15.0 Å². The van der Waals surface area contributed by atoms with Crippen LogP contribution in [0.5, 0.6) is 0 Å². The minimum absolute atomic E-state index is 0.134. The smallest absolute Gasteiger partial charge is 0.270 e. The number of amides is 1. The number of nitrogens with one attached hydrogen (secondary N) is 1. The van der Waals surface area contributed by atoms with Crippen LogP contribution in [0.2, 0.25) is 0 Å². The average molecular weight is 315 g/mol. The van der Waals surface area contributed by atoms with Gasteiger partial charge in [-0.2, -0.15) is 0 Å². The number of hydrogen-bond donors (Lipinski definition) is 1. The molecule has 0 spiro atoms. The van der Waals surface area contributed by atoms with Crippen molar-refractivity contribution in [2.24, 2.45) is 0 Å². The molecule has 5 nitrogen and oxygen atoms in total. The Hall–Kier alpha value is -2.47. The summed E-state index contributed by atoms with van der Waals surface area (Å²) in [7, 11) is 0. The second-order valence-corrected chi connectivity index (χ2v) is 5.25. The van der Waals surface area contributed by atoms with Crippen LogP contribution in [0, 0.1) is 5.82 Å². The van der Waals surface area contributed by atoms with Gasteiger partial charge in [0.1, 0.15) is 17.3 Å². The van der Waals surface area contributed by atoms with Crippen LogP contribution in [0.3, 0.4) is 0 Å². The summed E-state index contributed by atoms with van der Waals surface area (Å²) in [5.41, 5.74) is 0.774. The van der Waals surface area contributed by atoms with Crippen LogP contribution < -0.4 is 10.2 Å². The maximum absolute atomic E-state index is 13.6. The fourth-order valence-electron chi connectivity index (χ4n) is 2.43. The Labute approximate surface area is 134 Å². The molecule has 2 heterocycles. The highest BCUT2D eigenvalue weighted by Crippen LogP contribution is 2.13. The van der Waals surface area contributed by atoms with Gasteiger partial charge in [-0.15, -0.1) is 0 Å². The van der Waals surface area contributed by atoms with Crippen LogP contribution in [0.1, 0.15) is 16.1 Å². The van der Waals surface area contributed by atoms with E-state index in [0.29, 0.717) is 24.5 Å². The van der Waals surface area contributed by atoms with Crippen molar-refractivity contribution < 1.29 is 13.9 Å². The third kappa shape index (κ3) is 3.84. The van der Waals surface area contributed by atoms with Crippen molar-refractivity contribution >= 4 is 11.7 Å². The number of carbonyl (C=O) groups is 1. The van der Waals surface area contributed by atoms with Crippen LogP contribution in [-0.4, -0.2) is 37.2 Å². The van der Waals surface area contributed by atoms with Gasteiger partial charge in [-0.25, -0.2) is 9.37 Å². The number of nitrogens with zero attached hydrogens (tertiary/aromatic N) is 2. The summed E-state index contributed by atoms with van der Waals surface area (Å²) in [6, 6.07) is 11.7. The summed E-state index contributed by atoms with van der Waals surface area (Å²) < 4.78 is 18.9. The van der Waals surface area contributed by atoms with Crippen LogP contribution >= 0.6 is 0 Å². The molecule has 0 aliphatic carbocycles. The van der Waals surface area contributed by atoms with Crippen LogP contribution in [0.25, 0.3) is 0 Å². The summed E-state index contributed by atoms with van der Waals surface area (Å²) in [4.78, 5) is 18.7. The molecule has 2 aromatic rings. The van der Waals surface area contributed by atoms with Crippen LogP contribution in [-0.2, 0) is 11.3 Å². The zero-order valence-corrected chi connectivity index (χ0v) is 12.7. The topological polar surface area (TPSA) is 54.5 Å². The van der Waals surface area contributed by atoms with Crippen molar-refractivity contribution in [1.82, 2.24) is 10.3 Å². The molecule has 0 saturated carbocycles. The van der Waals surface area contributed by atoms with Crippen molar-refractivity contribution in [3.63, 3.8) is 0 Å². The molecule has 1 fully saturated rings. The molecular weight excluding hydrogens is 297 g/mol. The fraction of sp³-hybridized carbons (Fsp3) is 0.294. The van der Waals surface area contributed by atoms with E-state index in [4.69, 9.17) is 4.74 Å². The monoisotopic (exact) mass is 315 g/mol. The van der Waals surface area contributed by atoms with Crippen molar-refractivity contribution in [1.29, 1.82) is 0 Å². The Bertz CT molecular complexity index is 687.